The average molecular weight is 318 g/mol. The normalized spacial score (nSPS) is 16.6. The van der Waals surface area contributed by atoms with Gasteiger partial charge in [0.25, 0.3) is 0 Å². The van der Waals surface area contributed by atoms with Crippen LogP contribution in [0.15, 0.2) is 24.3 Å². The van der Waals surface area contributed by atoms with Crippen LogP contribution in [0.5, 0.6) is 0 Å². The van der Waals surface area contributed by atoms with Gasteiger partial charge in [-0.1, -0.05) is 12.1 Å². The van der Waals surface area contributed by atoms with Crippen LogP contribution in [0.4, 0.5) is 13.2 Å². The van der Waals surface area contributed by atoms with Crippen molar-refractivity contribution in [3.8, 4) is 0 Å². The molecule has 116 valence electrons. The van der Waals surface area contributed by atoms with E-state index in [9.17, 15) is 18.0 Å². The molecule has 0 N–H and O–H groups in total. The Morgan fingerprint density at radius 1 is 1.29 bits per heavy atom. The Bertz CT molecular complexity index is 493. The molecule has 1 saturated carbocycles. The van der Waals surface area contributed by atoms with E-state index in [1.54, 1.807) is 11.8 Å². The zero-order valence-corrected chi connectivity index (χ0v) is 12.5. The van der Waals surface area contributed by atoms with Gasteiger partial charge in [-0.05, 0) is 41.7 Å². The van der Waals surface area contributed by atoms with Crippen LogP contribution in [0.25, 0.3) is 0 Å². The maximum absolute atomic E-state index is 12.4. The molecule has 0 aromatic heterocycles. The first kappa shape index (κ1) is 16.2. The molecule has 6 heteroatoms. The summed E-state index contributed by atoms with van der Waals surface area (Å²) in [6.45, 7) is 0. The maximum atomic E-state index is 12.4. The molecular formula is C15H17F3O2S. The van der Waals surface area contributed by atoms with Crippen molar-refractivity contribution in [1.29, 1.82) is 0 Å². The van der Waals surface area contributed by atoms with Crippen molar-refractivity contribution in [3.05, 3.63) is 35.4 Å². The summed E-state index contributed by atoms with van der Waals surface area (Å²) in [6.07, 6.45) is -1.82. The number of esters is 1. The van der Waals surface area contributed by atoms with Gasteiger partial charge in [0.2, 0.25) is 0 Å². The Morgan fingerprint density at radius 2 is 1.90 bits per heavy atom. The predicted molar refractivity (Wildman–Crippen MR) is 75.9 cm³/mol. The number of hydrogen-bond donors (Lipinski definition) is 0. The maximum Gasteiger partial charge on any atom is 0.416 e. The molecule has 1 fully saturated rings. The molecule has 0 atom stereocenters. The highest BCUT2D eigenvalue weighted by atomic mass is 32.2. The molecule has 2 nitrogen and oxygen atoms in total. The van der Waals surface area contributed by atoms with Crippen LogP contribution in [-0.4, -0.2) is 18.8 Å². The molecule has 1 aromatic rings. The molecule has 1 aromatic carbocycles. The summed E-state index contributed by atoms with van der Waals surface area (Å²) in [5.74, 6) is 1.30. The van der Waals surface area contributed by atoms with Crippen LogP contribution < -0.4 is 0 Å². The summed E-state index contributed by atoms with van der Waals surface area (Å²) in [4.78, 5) is 11.3. The van der Waals surface area contributed by atoms with Gasteiger partial charge in [-0.15, -0.1) is 0 Å². The average Bonchev–Trinajstić information content (AvgIpc) is 3.18. The lowest BCUT2D eigenvalue weighted by Gasteiger charge is -2.13. The Hall–Kier alpha value is -1.17. The molecule has 21 heavy (non-hydrogen) atoms. The van der Waals surface area contributed by atoms with Crippen LogP contribution in [-0.2, 0) is 21.5 Å². The second kappa shape index (κ2) is 6.30. The van der Waals surface area contributed by atoms with Gasteiger partial charge in [0.1, 0.15) is 0 Å². The van der Waals surface area contributed by atoms with Gasteiger partial charge in [-0.25, -0.2) is 0 Å². The standard InChI is InChI=1S/C15H17F3O2S/c1-20-13(19)8-14(6-7-14)10-21-9-11-2-4-12(5-3-11)15(16,17)18/h2-5H,6-10H2,1H3. The van der Waals surface area contributed by atoms with E-state index < -0.39 is 11.7 Å². The van der Waals surface area contributed by atoms with Crippen molar-refractivity contribution < 1.29 is 22.7 Å². The summed E-state index contributed by atoms with van der Waals surface area (Å²) in [7, 11) is 1.38. The lowest BCUT2D eigenvalue weighted by molar-refractivity contribution is -0.142. The van der Waals surface area contributed by atoms with Crippen molar-refractivity contribution in [2.75, 3.05) is 12.9 Å². The molecule has 0 heterocycles. The number of alkyl halides is 3. The molecule has 0 amide bonds. The second-order valence-corrected chi connectivity index (χ2v) is 6.43. The molecule has 0 spiro atoms. The number of halogens is 3. The third kappa shape index (κ3) is 4.66. The number of rotatable bonds is 6. The summed E-state index contributed by atoms with van der Waals surface area (Å²) < 4.78 is 42.0. The third-order valence-electron chi connectivity index (χ3n) is 3.66. The Labute approximate surface area is 126 Å². The minimum atomic E-state index is -4.29. The van der Waals surface area contributed by atoms with E-state index in [0.29, 0.717) is 12.2 Å². The third-order valence-corrected chi connectivity index (χ3v) is 5.02. The smallest absolute Gasteiger partial charge is 0.416 e. The molecule has 1 aliphatic rings. The molecule has 0 saturated heterocycles. The van der Waals surface area contributed by atoms with E-state index in [2.05, 4.69) is 4.74 Å². The van der Waals surface area contributed by atoms with Crippen LogP contribution in [0, 0.1) is 5.41 Å². The fraction of sp³-hybridized carbons (Fsp3) is 0.533. The zero-order chi connectivity index (χ0) is 15.5. The number of thioether (sulfide) groups is 1. The Balaban J connectivity index is 1.80. The summed E-state index contributed by atoms with van der Waals surface area (Å²) >= 11 is 1.65. The molecule has 0 bridgehead atoms. The number of carbonyl (C=O) groups is 1. The summed E-state index contributed by atoms with van der Waals surface area (Å²) in [6, 6.07) is 5.24. The molecular weight excluding hydrogens is 301 g/mol. The van der Waals surface area contributed by atoms with Crippen molar-refractivity contribution in [1.82, 2.24) is 0 Å². The van der Waals surface area contributed by atoms with E-state index in [-0.39, 0.29) is 11.4 Å². The highest BCUT2D eigenvalue weighted by Crippen LogP contribution is 2.51. The van der Waals surface area contributed by atoms with Crippen LogP contribution in [0.2, 0.25) is 0 Å². The van der Waals surface area contributed by atoms with Gasteiger partial charge in [0.05, 0.1) is 19.1 Å². The van der Waals surface area contributed by atoms with Crippen LogP contribution in [0.3, 0.4) is 0 Å². The Kier molecular flexibility index (Phi) is 4.86. The molecule has 0 unspecified atom stereocenters. The van der Waals surface area contributed by atoms with Gasteiger partial charge >= 0.3 is 12.1 Å². The number of ether oxygens (including phenoxy) is 1. The van der Waals surface area contributed by atoms with Crippen LogP contribution >= 0.6 is 11.8 Å². The van der Waals surface area contributed by atoms with Crippen molar-refractivity contribution in [2.45, 2.75) is 31.2 Å². The number of benzene rings is 1. The van der Waals surface area contributed by atoms with Crippen LogP contribution in [0.1, 0.15) is 30.4 Å². The van der Waals surface area contributed by atoms with Crippen molar-refractivity contribution >= 4 is 17.7 Å². The van der Waals surface area contributed by atoms with E-state index in [1.807, 2.05) is 0 Å². The zero-order valence-electron chi connectivity index (χ0n) is 11.7. The number of methoxy groups -OCH3 is 1. The van der Waals surface area contributed by atoms with Gasteiger partial charge in [-0.3, -0.25) is 4.79 Å². The molecule has 2 rings (SSSR count). The first-order valence-electron chi connectivity index (χ1n) is 6.65. The summed E-state index contributed by atoms with van der Waals surface area (Å²) in [5, 5.41) is 0. The van der Waals surface area contributed by atoms with Crippen molar-refractivity contribution in [2.24, 2.45) is 5.41 Å². The summed E-state index contributed by atoms with van der Waals surface area (Å²) in [5.41, 5.74) is 0.284. The fourth-order valence-electron chi connectivity index (χ4n) is 2.10. The number of carbonyl (C=O) groups excluding carboxylic acids is 1. The molecule has 1 aliphatic carbocycles. The number of hydrogen-bond acceptors (Lipinski definition) is 3. The van der Waals surface area contributed by atoms with E-state index in [4.69, 9.17) is 0 Å². The van der Waals surface area contributed by atoms with Gasteiger partial charge in [0, 0.05) is 5.75 Å². The lowest BCUT2D eigenvalue weighted by atomic mass is 10.1. The van der Waals surface area contributed by atoms with Gasteiger partial charge < -0.3 is 4.74 Å². The lowest BCUT2D eigenvalue weighted by Crippen LogP contribution is -2.13. The van der Waals surface area contributed by atoms with E-state index in [1.165, 1.54) is 19.2 Å². The second-order valence-electron chi connectivity index (χ2n) is 5.44. The molecule has 0 aliphatic heterocycles. The predicted octanol–water partition coefficient (Wildman–Crippen LogP) is 4.28. The minimum Gasteiger partial charge on any atom is -0.469 e. The molecule has 0 radical (unpaired) electrons. The van der Waals surface area contributed by atoms with Crippen molar-refractivity contribution in [3.63, 3.8) is 0 Å². The SMILES string of the molecule is COC(=O)CC1(CSCc2ccc(C(F)(F)F)cc2)CC1. The quantitative estimate of drug-likeness (QED) is 0.732. The monoisotopic (exact) mass is 318 g/mol. The first-order chi connectivity index (χ1) is 9.85. The van der Waals surface area contributed by atoms with Gasteiger partial charge in [0.15, 0.2) is 0 Å². The highest BCUT2D eigenvalue weighted by molar-refractivity contribution is 7.98. The topological polar surface area (TPSA) is 26.3 Å². The van der Waals surface area contributed by atoms with E-state index in [0.717, 1.165) is 36.3 Å². The highest BCUT2D eigenvalue weighted by Gasteiger charge is 2.44. The largest absolute Gasteiger partial charge is 0.469 e. The van der Waals surface area contributed by atoms with E-state index >= 15 is 0 Å². The first-order valence-corrected chi connectivity index (χ1v) is 7.81. The minimum absolute atomic E-state index is 0.0453. The Morgan fingerprint density at radius 3 is 2.38 bits per heavy atom. The fourth-order valence-corrected chi connectivity index (χ4v) is 3.46. The van der Waals surface area contributed by atoms with Gasteiger partial charge in [-0.2, -0.15) is 24.9 Å².